The molecule has 0 aromatic carbocycles. The SMILES string of the molecule is CO[C@H]1C(C)/C=C(/C)CN(C)S(=O)(=O)CCCC/C=C/[C@@H]1O. The molecule has 0 saturated heterocycles. The summed E-state index contributed by atoms with van der Waals surface area (Å²) >= 11 is 0. The van der Waals surface area contributed by atoms with E-state index in [0.717, 1.165) is 18.4 Å². The van der Waals surface area contributed by atoms with Gasteiger partial charge in [-0.25, -0.2) is 12.7 Å². The Labute approximate surface area is 134 Å². The second-order valence-corrected chi connectivity index (χ2v) is 8.25. The zero-order valence-electron chi connectivity index (χ0n) is 14.0. The van der Waals surface area contributed by atoms with Gasteiger partial charge in [0, 0.05) is 26.6 Å². The second-order valence-electron chi connectivity index (χ2n) is 6.06. The van der Waals surface area contributed by atoms with Crippen molar-refractivity contribution in [2.24, 2.45) is 5.92 Å². The van der Waals surface area contributed by atoms with Gasteiger partial charge < -0.3 is 9.84 Å². The summed E-state index contributed by atoms with van der Waals surface area (Å²) < 4.78 is 31.2. The highest BCUT2D eigenvalue weighted by atomic mass is 32.2. The predicted octanol–water partition coefficient (Wildman–Crippen LogP) is 1.95. The van der Waals surface area contributed by atoms with Crippen molar-refractivity contribution in [2.45, 2.75) is 45.3 Å². The van der Waals surface area contributed by atoms with Crippen molar-refractivity contribution in [2.75, 3.05) is 26.5 Å². The summed E-state index contributed by atoms with van der Waals surface area (Å²) in [6, 6.07) is 0. The Morgan fingerprint density at radius 2 is 2.05 bits per heavy atom. The number of sulfonamides is 1. The summed E-state index contributed by atoms with van der Waals surface area (Å²) in [5, 5.41) is 10.2. The molecule has 0 radical (unpaired) electrons. The molecular weight excluding hydrogens is 302 g/mol. The van der Waals surface area contributed by atoms with Crippen molar-refractivity contribution in [1.82, 2.24) is 4.31 Å². The lowest BCUT2D eigenvalue weighted by atomic mass is 9.96. The van der Waals surface area contributed by atoms with Gasteiger partial charge in [-0.1, -0.05) is 30.7 Å². The van der Waals surface area contributed by atoms with Crippen LogP contribution in [0.2, 0.25) is 0 Å². The molecule has 1 heterocycles. The number of hydrogen-bond acceptors (Lipinski definition) is 4. The van der Waals surface area contributed by atoms with Crippen LogP contribution in [-0.2, 0) is 14.8 Å². The molecule has 0 spiro atoms. The van der Waals surface area contributed by atoms with E-state index in [4.69, 9.17) is 4.74 Å². The monoisotopic (exact) mass is 331 g/mol. The van der Waals surface area contributed by atoms with Crippen LogP contribution in [0.1, 0.15) is 33.1 Å². The molecular formula is C16H29NO4S. The Hall–Kier alpha value is -0.690. The van der Waals surface area contributed by atoms with Gasteiger partial charge in [0.15, 0.2) is 0 Å². The lowest BCUT2D eigenvalue weighted by Gasteiger charge is -2.25. The van der Waals surface area contributed by atoms with E-state index in [1.807, 2.05) is 26.0 Å². The van der Waals surface area contributed by atoms with Crippen LogP contribution in [0.25, 0.3) is 0 Å². The second kappa shape index (κ2) is 8.82. The number of likely N-dealkylation sites (N-methyl/N-ethyl adjacent to an activating group) is 1. The minimum Gasteiger partial charge on any atom is -0.386 e. The van der Waals surface area contributed by atoms with Crippen molar-refractivity contribution in [3.63, 3.8) is 0 Å². The summed E-state index contributed by atoms with van der Waals surface area (Å²) in [6.45, 7) is 4.24. The smallest absolute Gasteiger partial charge is 0.214 e. The number of rotatable bonds is 1. The van der Waals surface area contributed by atoms with Gasteiger partial charge in [-0.3, -0.25) is 0 Å². The molecule has 6 heteroatoms. The molecule has 3 atom stereocenters. The van der Waals surface area contributed by atoms with E-state index in [1.54, 1.807) is 20.2 Å². The number of nitrogens with zero attached hydrogens (tertiary/aromatic N) is 1. The topological polar surface area (TPSA) is 66.8 Å². The fraction of sp³-hybridized carbons (Fsp3) is 0.750. The van der Waals surface area contributed by atoms with Crippen molar-refractivity contribution >= 4 is 10.0 Å². The largest absolute Gasteiger partial charge is 0.386 e. The van der Waals surface area contributed by atoms with Crippen molar-refractivity contribution in [1.29, 1.82) is 0 Å². The first-order chi connectivity index (χ1) is 10.3. The molecule has 1 aliphatic heterocycles. The number of ether oxygens (including phenoxy) is 1. The van der Waals surface area contributed by atoms with E-state index in [1.165, 1.54) is 4.31 Å². The summed E-state index contributed by atoms with van der Waals surface area (Å²) in [4.78, 5) is 0. The van der Waals surface area contributed by atoms with Gasteiger partial charge in [0.2, 0.25) is 10.0 Å². The molecule has 0 aromatic heterocycles. The van der Waals surface area contributed by atoms with Gasteiger partial charge in [0.05, 0.1) is 18.0 Å². The number of allylic oxidation sites excluding steroid dienone is 1. The summed E-state index contributed by atoms with van der Waals surface area (Å²) in [6.07, 6.45) is 6.81. The van der Waals surface area contributed by atoms with E-state index in [-0.39, 0.29) is 17.8 Å². The van der Waals surface area contributed by atoms with Crippen LogP contribution < -0.4 is 0 Å². The van der Waals surface area contributed by atoms with Gasteiger partial charge in [-0.05, 0) is 26.2 Å². The Bertz CT molecular complexity index is 498. The number of aliphatic hydroxyl groups excluding tert-OH is 1. The van der Waals surface area contributed by atoms with Gasteiger partial charge in [0.25, 0.3) is 0 Å². The maximum absolute atomic E-state index is 12.2. The third-order valence-corrected chi connectivity index (χ3v) is 5.86. The lowest BCUT2D eigenvalue weighted by Crippen LogP contribution is -2.33. The predicted molar refractivity (Wildman–Crippen MR) is 89.1 cm³/mol. The van der Waals surface area contributed by atoms with Crippen LogP contribution >= 0.6 is 0 Å². The van der Waals surface area contributed by atoms with Crippen molar-refractivity contribution < 1.29 is 18.3 Å². The molecule has 1 unspecified atom stereocenters. The van der Waals surface area contributed by atoms with E-state index in [2.05, 4.69) is 0 Å². The highest BCUT2D eigenvalue weighted by molar-refractivity contribution is 7.89. The molecule has 0 aliphatic carbocycles. The van der Waals surface area contributed by atoms with E-state index in [0.29, 0.717) is 13.0 Å². The average Bonchev–Trinajstić information content (AvgIpc) is 2.42. The van der Waals surface area contributed by atoms with Crippen molar-refractivity contribution in [3.8, 4) is 0 Å². The molecule has 0 amide bonds. The molecule has 22 heavy (non-hydrogen) atoms. The Morgan fingerprint density at radius 3 is 2.68 bits per heavy atom. The lowest BCUT2D eigenvalue weighted by molar-refractivity contribution is -0.00921. The van der Waals surface area contributed by atoms with Crippen LogP contribution in [0.3, 0.4) is 0 Å². The maximum atomic E-state index is 12.2. The van der Waals surface area contributed by atoms with Crippen LogP contribution in [-0.4, -0.2) is 56.5 Å². The molecule has 1 aliphatic rings. The van der Waals surface area contributed by atoms with E-state index >= 15 is 0 Å². The first-order valence-corrected chi connectivity index (χ1v) is 9.37. The van der Waals surface area contributed by atoms with Gasteiger partial charge >= 0.3 is 0 Å². The highest BCUT2D eigenvalue weighted by Crippen LogP contribution is 2.18. The number of methoxy groups -OCH3 is 1. The zero-order valence-corrected chi connectivity index (χ0v) is 14.8. The highest BCUT2D eigenvalue weighted by Gasteiger charge is 2.23. The number of hydrogen-bond donors (Lipinski definition) is 1. The normalized spacial score (nSPS) is 36.0. The zero-order chi connectivity index (χ0) is 16.8. The minimum atomic E-state index is -3.20. The molecule has 1 rings (SSSR count). The maximum Gasteiger partial charge on any atom is 0.214 e. The molecule has 5 nitrogen and oxygen atoms in total. The summed E-state index contributed by atoms with van der Waals surface area (Å²) in [5.74, 6) is 0.160. The van der Waals surface area contributed by atoms with Gasteiger partial charge in [-0.2, -0.15) is 0 Å². The molecule has 0 saturated carbocycles. The molecule has 0 fully saturated rings. The van der Waals surface area contributed by atoms with Crippen molar-refractivity contribution in [3.05, 3.63) is 23.8 Å². The summed E-state index contributed by atoms with van der Waals surface area (Å²) in [7, 11) is -0.00114. The third-order valence-electron chi connectivity index (χ3n) is 3.98. The quantitative estimate of drug-likeness (QED) is 0.746. The van der Waals surface area contributed by atoms with Gasteiger partial charge in [0.1, 0.15) is 0 Å². The van der Waals surface area contributed by atoms with E-state index < -0.39 is 16.1 Å². The van der Waals surface area contributed by atoms with Crippen LogP contribution in [0, 0.1) is 5.92 Å². The van der Waals surface area contributed by atoms with Crippen LogP contribution in [0.15, 0.2) is 23.8 Å². The third kappa shape index (κ3) is 5.83. The fourth-order valence-corrected chi connectivity index (χ4v) is 4.04. The fourth-order valence-electron chi connectivity index (χ4n) is 2.76. The van der Waals surface area contributed by atoms with Gasteiger partial charge in [-0.15, -0.1) is 0 Å². The first kappa shape index (κ1) is 19.4. The van der Waals surface area contributed by atoms with Crippen LogP contribution in [0.5, 0.6) is 0 Å². The molecule has 0 aromatic rings. The molecule has 0 bridgehead atoms. The minimum absolute atomic E-state index is 0.0105. The summed E-state index contributed by atoms with van der Waals surface area (Å²) in [5.41, 5.74) is 0.953. The Kier molecular flexibility index (Phi) is 7.76. The standard InChI is InChI=1S/C16H29NO4S/c1-13-11-14(2)16(21-4)15(18)9-7-5-6-8-10-22(19,20)17(3)12-13/h7,9,11,14-16,18H,5-6,8,10,12H2,1-4H3/b9-7+,13-11-/t14?,15-,16-/m0/s1. The van der Waals surface area contributed by atoms with E-state index in [9.17, 15) is 13.5 Å². The van der Waals surface area contributed by atoms with Crippen LogP contribution in [0.4, 0.5) is 0 Å². The number of aliphatic hydroxyl groups is 1. The molecule has 128 valence electrons. The Morgan fingerprint density at radius 1 is 1.36 bits per heavy atom. The molecule has 1 N–H and O–H groups in total. The first-order valence-electron chi connectivity index (χ1n) is 7.76. The Balaban J connectivity index is 2.99. The average molecular weight is 331 g/mol.